The van der Waals surface area contributed by atoms with Crippen LogP contribution >= 0.6 is 0 Å². The molecule has 0 N–H and O–H groups in total. The Morgan fingerprint density at radius 1 is 0.914 bits per heavy atom. The van der Waals surface area contributed by atoms with E-state index in [-0.39, 0.29) is 23.9 Å². The second-order valence-electron chi connectivity index (χ2n) is 8.76. The summed E-state index contributed by atoms with van der Waals surface area (Å²) in [7, 11) is 1.87. The summed E-state index contributed by atoms with van der Waals surface area (Å²) in [6, 6.07) is 8.16. The Bertz CT molecular complexity index is 1100. The van der Waals surface area contributed by atoms with Gasteiger partial charge in [0.1, 0.15) is 5.75 Å². The van der Waals surface area contributed by atoms with Crippen LogP contribution in [0.15, 0.2) is 36.4 Å². The van der Waals surface area contributed by atoms with Crippen molar-refractivity contribution >= 4 is 11.7 Å². The molecule has 4 rings (SSSR count). The van der Waals surface area contributed by atoms with Crippen molar-refractivity contribution < 1.29 is 40.7 Å². The molecule has 0 bridgehead atoms. The van der Waals surface area contributed by atoms with Crippen molar-refractivity contribution in [2.24, 2.45) is 0 Å². The normalized spacial score (nSPS) is 18.4. The van der Waals surface area contributed by atoms with Crippen molar-refractivity contribution in [1.82, 2.24) is 14.4 Å². The van der Waals surface area contributed by atoms with Crippen molar-refractivity contribution in [2.75, 3.05) is 33.3 Å². The summed E-state index contributed by atoms with van der Waals surface area (Å²) in [5, 5.41) is 0. The Morgan fingerprint density at radius 3 is 2.11 bits per heavy atom. The first-order valence-electron chi connectivity index (χ1n) is 10.9. The van der Waals surface area contributed by atoms with Crippen molar-refractivity contribution in [3.8, 4) is 5.75 Å². The van der Waals surface area contributed by atoms with Crippen LogP contribution in [-0.2, 0) is 12.1 Å². The zero-order valence-corrected chi connectivity index (χ0v) is 18.7. The van der Waals surface area contributed by atoms with Gasteiger partial charge in [-0.3, -0.25) is 14.5 Å². The van der Waals surface area contributed by atoms with Gasteiger partial charge >= 0.3 is 12.4 Å². The van der Waals surface area contributed by atoms with Crippen molar-refractivity contribution in [1.29, 1.82) is 0 Å². The summed E-state index contributed by atoms with van der Waals surface area (Å²) < 4.78 is 82.1. The van der Waals surface area contributed by atoms with Crippen LogP contribution in [0, 0.1) is 0 Å². The number of hydrogen-bond acceptors (Lipinski definition) is 4. The molecule has 0 atom stereocenters. The topological polar surface area (TPSA) is 54.8 Å². The molecular formula is C23H23F6N3O3. The molecular weight excluding hydrogens is 480 g/mol. The largest absolute Gasteiger partial charge is 0.484 e. The van der Waals surface area contributed by atoms with Crippen LogP contribution in [-0.4, -0.2) is 71.7 Å². The van der Waals surface area contributed by atoms with E-state index in [1.165, 1.54) is 34.9 Å². The number of ketones is 1. The van der Waals surface area contributed by atoms with Gasteiger partial charge in [-0.2, -0.15) is 26.3 Å². The van der Waals surface area contributed by atoms with Gasteiger partial charge in [-0.25, -0.2) is 0 Å². The van der Waals surface area contributed by atoms with Crippen molar-refractivity contribution in [2.45, 2.75) is 37.3 Å². The number of alkyl halides is 6. The quantitative estimate of drug-likeness (QED) is 0.463. The number of amides is 1. The number of fused-ring (bicyclic) bond motifs is 2. The molecule has 2 aromatic rings. The average molecular weight is 503 g/mol. The Kier molecular flexibility index (Phi) is 6.37. The molecule has 12 heteroatoms. The van der Waals surface area contributed by atoms with Gasteiger partial charge in [0, 0.05) is 37.4 Å². The van der Waals surface area contributed by atoms with E-state index in [0.29, 0.717) is 43.7 Å². The van der Waals surface area contributed by atoms with E-state index in [4.69, 9.17) is 0 Å². The van der Waals surface area contributed by atoms with E-state index in [0.717, 1.165) is 0 Å². The smallest absolute Gasteiger partial charge is 0.456 e. The van der Waals surface area contributed by atoms with Crippen LogP contribution in [0.2, 0.25) is 0 Å². The SMILES string of the molecule is CN1CCn2c(C(=O)C(F)(F)F)ccc2C12CCN(C(=O)c1ccc(OCC(F)(F)F)cc1)CC2. The van der Waals surface area contributed by atoms with Gasteiger partial charge in [-0.05, 0) is 56.3 Å². The first-order valence-corrected chi connectivity index (χ1v) is 10.9. The third kappa shape index (κ3) is 4.89. The predicted octanol–water partition coefficient (Wildman–Crippen LogP) is 4.25. The molecule has 3 heterocycles. The molecule has 2 aliphatic rings. The molecule has 2 aliphatic heterocycles. The molecule has 1 spiro atoms. The molecule has 0 aliphatic carbocycles. The molecule has 0 radical (unpaired) electrons. The van der Waals surface area contributed by atoms with Crippen molar-refractivity contribution in [3.63, 3.8) is 0 Å². The first-order chi connectivity index (χ1) is 16.3. The lowest BCUT2D eigenvalue weighted by Crippen LogP contribution is -2.56. The number of carbonyl (C=O) groups excluding carboxylic acids is 2. The van der Waals surface area contributed by atoms with Crippen molar-refractivity contribution in [3.05, 3.63) is 53.3 Å². The van der Waals surface area contributed by atoms with E-state index in [9.17, 15) is 35.9 Å². The van der Waals surface area contributed by atoms with Crippen LogP contribution in [0.5, 0.6) is 5.75 Å². The van der Waals surface area contributed by atoms with E-state index in [2.05, 4.69) is 9.64 Å². The highest BCUT2D eigenvalue weighted by Crippen LogP contribution is 2.42. The summed E-state index contributed by atoms with van der Waals surface area (Å²) in [6.07, 6.45) is -8.53. The zero-order valence-electron chi connectivity index (χ0n) is 18.7. The van der Waals surface area contributed by atoms with Gasteiger partial charge in [0.15, 0.2) is 6.61 Å². The average Bonchev–Trinajstić information content (AvgIpc) is 3.24. The molecule has 0 unspecified atom stereocenters. The zero-order chi connectivity index (χ0) is 25.6. The number of hydrogen-bond donors (Lipinski definition) is 0. The number of aromatic nitrogens is 1. The number of Topliss-reactive ketones (excluding diaryl/α,β-unsaturated/α-hetero) is 1. The Hall–Kier alpha value is -3.02. The van der Waals surface area contributed by atoms with E-state index >= 15 is 0 Å². The van der Waals surface area contributed by atoms with Gasteiger partial charge < -0.3 is 14.2 Å². The minimum Gasteiger partial charge on any atom is -0.484 e. The molecule has 190 valence electrons. The molecule has 1 saturated heterocycles. The summed E-state index contributed by atoms with van der Waals surface area (Å²) in [4.78, 5) is 28.5. The Morgan fingerprint density at radius 2 is 1.54 bits per heavy atom. The van der Waals surface area contributed by atoms with E-state index < -0.39 is 30.3 Å². The number of benzene rings is 1. The van der Waals surface area contributed by atoms with Gasteiger partial charge in [-0.1, -0.05) is 0 Å². The maximum absolute atomic E-state index is 13.0. The number of ether oxygens (including phenoxy) is 1. The fraction of sp³-hybridized carbons (Fsp3) is 0.478. The number of likely N-dealkylation sites (tertiary alicyclic amines) is 1. The van der Waals surface area contributed by atoms with E-state index in [1.54, 1.807) is 11.0 Å². The third-order valence-electron chi connectivity index (χ3n) is 6.72. The second-order valence-corrected chi connectivity index (χ2v) is 8.76. The highest BCUT2D eigenvalue weighted by molar-refractivity contribution is 5.99. The number of halogens is 6. The molecule has 0 saturated carbocycles. The fourth-order valence-electron chi connectivity index (χ4n) is 4.88. The lowest BCUT2D eigenvalue weighted by atomic mass is 9.81. The fourth-order valence-corrected chi connectivity index (χ4v) is 4.88. The number of nitrogens with zero attached hydrogens (tertiary/aromatic N) is 3. The van der Waals surface area contributed by atoms with E-state index in [1.807, 2.05) is 7.05 Å². The van der Waals surface area contributed by atoms with Crippen LogP contribution in [0.1, 0.15) is 39.4 Å². The lowest BCUT2D eigenvalue weighted by Gasteiger charge is -2.50. The Labute approximate surface area is 197 Å². The monoisotopic (exact) mass is 503 g/mol. The van der Waals surface area contributed by atoms with Gasteiger partial charge in [0.05, 0.1) is 11.2 Å². The van der Waals surface area contributed by atoms with Crippen LogP contribution in [0.25, 0.3) is 0 Å². The highest BCUT2D eigenvalue weighted by Gasteiger charge is 2.47. The lowest BCUT2D eigenvalue weighted by molar-refractivity contribution is -0.153. The Balaban J connectivity index is 1.47. The summed E-state index contributed by atoms with van der Waals surface area (Å²) >= 11 is 0. The van der Waals surface area contributed by atoms with Crippen LogP contribution < -0.4 is 4.74 Å². The van der Waals surface area contributed by atoms with Crippen LogP contribution in [0.3, 0.4) is 0 Å². The van der Waals surface area contributed by atoms with Gasteiger partial charge in [-0.15, -0.1) is 0 Å². The first kappa shape index (κ1) is 25.1. The minimum atomic E-state index is -4.96. The minimum absolute atomic E-state index is 0.00901. The third-order valence-corrected chi connectivity index (χ3v) is 6.72. The standard InChI is InChI=1S/C23H23F6N3O3/c1-30-12-13-32-17(19(33)23(27,28)29)6-7-18(32)21(30)8-10-31(11-9-21)20(34)15-2-4-16(5-3-15)35-14-22(24,25)26/h2-7H,8-14H2,1H3. The number of likely N-dealkylation sites (N-methyl/N-ethyl adjacent to an activating group) is 1. The number of carbonyl (C=O) groups is 2. The second kappa shape index (κ2) is 8.89. The number of rotatable bonds is 4. The molecule has 1 amide bonds. The maximum atomic E-state index is 13.0. The maximum Gasteiger partial charge on any atom is 0.456 e. The highest BCUT2D eigenvalue weighted by atomic mass is 19.4. The molecule has 1 aromatic carbocycles. The van der Waals surface area contributed by atoms with Gasteiger partial charge in [0.2, 0.25) is 0 Å². The predicted molar refractivity (Wildman–Crippen MR) is 112 cm³/mol. The summed E-state index contributed by atoms with van der Waals surface area (Å²) in [5.41, 5.74) is -0.0868. The van der Waals surface area contributed by atoms with Gasteiger partial charge in [0.25, 0.3) is 11.7 Å². The molecule has 35 heavy (non-hydrogen) atoms. The molecule has 1 fully saturated rings. The van der Waals surface area contributed by atoms with Crippen LogP contribution in [0.4, 0.5) is 26.3 Å². The molecule has 1 aromatic heterocycles. The number of piperidine rings is 1. The molecule has 6 nitrogen and oxygen atoms in total. The summed E-state index contributed by atoms with van der Waals surface area (Å²) in [6.45, 7) is -0.0806. The summed E-state index contributed by atoms with van der Waals surface area (Å²) in [5.74, 6) is -2.19.